The van der Waals surface area contributed by atoms with Crippen LogP contribution in [0.3, 0.4) is 0 Å². The van der Waals surface area contributed by atoms with Crippen molar-refractivity contribution in [1.29, 1.82) is 0 Å². The number of ether oxygens (including phenoxy) is 1. The Hall–Kier alpha value is -1.34. The quantitative estimate of drug-likeness (QED) is 0.871. The molecule has 1 aromatic heterocycles. The molecule has 0 saturated heterocycles. The van der Waals surface area contributed by atoms with Gasteiger partial charge in [-0.2, -0.15) is 5.10 Å². The molecule has 0 fully saturated rings. The summed E-state index contributed by atoms with van der Waals surface area (Å²) in [4.78, 5) is 11.1. The smallest absolute Gasteiger partial charge is 0.339 e. The van der Waals surface area contributed by atoms with Gasteiger partial charge in [-0.05, 0) is 44.0 Å². The number of halogens is 2. The lowest BCUT2D eigenvalue weighted by Crippen LogP contribution is -2.08. The molecule has 7 heteroatoms. The molecule has 0 aliphatic heterocycles. The fraction of sp³-hybridized carbons (Fsp3) is 0.167. The van der Waals surface area contributed by atoms with Crippen molar-refractivity contribution in [3.05, 3.63) is 44.6 Å². The molecular formula is C12H10Br2N2O3. The Morgan fingerprint density at radius 2 is 2.05 bits per heavy atom. The van der Waals surface area contributed by atoms with E-state index in [1.807, 2.05) is 18.2 Å². The van der Waals surface area contributed by atoms with Crippen molar-refractivity contribution >= 4 is 37.8 Å². The molecule has 0 aliphatic carbocycles. The molecule has 100 valence electrons. The highest BCUT2D eigenvalue weighted by molar-refractivity contribution is 9.11. The summed E-state index contributed by atoms with van der Waals surface area (Å²) in [5.41, 5.74) is 0.654. The third kappa shape index (κ3) is 2.98. The normalized spacial score (nSPS) is 10.5. The number of benzene rings is 1. The third-order valence-electron chi connectivity index (χ3n) is 2.56. The predicted octanol–water partition coefficient (Wildman–Crippen LogP) is 3.22. The fourth-order valence-corrected chi connectivity index (χ4v) is 2.80. The maximum atomic E-state index is 11.1. The topological polar surface area (TPSA) is 64.4 Å². The van der Waals surface area contributed by atoms with Gasteiger partial charge in [0, 0.05) is 7.05 Å². The summed E-state index contributed by atoms with van der Waals surface area (Å²) in [7, 11) is 1.68. The van der Waals surface area contributed by atoms with Crippen LogP contribution in [0.2, 0.25) is 0 Å². The number of hydrogen-bond donors (Lipinski definition) is 1. The zero-order valence-corrected chi connectivity index (χ0v) is 13.1. The van der Waals surface area contributed by atoms with Crippen LogP contribution in [0, 0.1) is 0 Å². The second-order valence-corrected chi connectivity index (χ2v) is 5.48. The van der Waals surface area contributed by atoms with Crippen LogP contribution in [0.1, 0.15) is 16.1 Å². The predicted molar refractivity (Wildman–Crippen MR) is 76.3 cm³/mol. The van der Waals surface area contributed by atoms with Crippen LogP contribution < -0.4 is 4.74 Å². The minimum Gasteiger partial charge on any atom is -0.485 e. The molecule has 0 aliphatic rings. The van der Waals surface area contributed by atoms with E-state index < -0.39 is 5.97 Å². The van der Waals surface area contributed by atoms with Crippen LogP contribution in [0.25, 0.3) is 0 Å². The Morgan fingerprint density at radius 3 is 2.63 bits per heavy atom. The number of aromatic carboxylic acids is 1. The van der Waals surface area contributed by atoms with Gasteiger partial charge in [0.1, 0.15) is 17.9 Å². The Balaban J connectivity index is 2.24. The van der Waals surface area contributed by atoms with E-state index in [-0.39, 0.29) is 12.2 Å². The number of carboxylic acid groups (broad SMARTS) is 1. The standard InChI is InChI=1S/C12H10Br2N2O3/c1-16-10(7(5-15-16)12(17)18)6-19-11-8(13)3-2-4-9(11)14/h2-5H,6H2,1H3,(H,17,18). The molecule has 0 atom stereocenters. The van der Waals surface area contributed by atoms with Crippen molar-refractivity contribution in [2.45, 2.75) is 6.61 Å². The number of aromatic nitrogens is 2. The summed E-state index contributed by atoms with van der Waals surface area (Å²) in [6.45, 7) is 0.124. The van der Waals surface area contributed by atoms with E-state index in [2.05, 4.69) is 37.0 Å². The van der Waals surface area contributed by atoms with Crippen LogP contribution in [-0.2, 0) is 13.7 Å². The summed E-state index contributed by atoms with van der Waals surface area (Å²) in [6, 6.07) is 5.57. The van der Waals surface area contributed by atoms with Gasteiger partial charge in [-0.25, -0.2) is 4.79 Å². The van der Waals surface area contributed by atoms with Crippen molar-refractivity contribution in [2.75, 3.05) is 0 Å². The maximum Gasteiger partial charge on any atom is 0.339 e. The number of aryl methyl sites for hydroxylation is 1. The molecule has 2 aromatic rings. The second-order valence-electron chi connectivity index (χ2n) is 3.77. The van der Waals surface area contributed by atoms with Crippen molar-refractivity contribution in [3.63, 3.8) is 0 Å². The van der Waals surface area contributed by atoms with Gasteiger partial charge >= 0.3 is 5.97 Å². The zero-order valence-electron chi connectivity index (χ0n) is 9.93. The zero-order chi connectivity index (χ0) is 14.0. The number of rotatable bonds is 4. The van der Waals surface area contributed by atoms with Gasteiger partial charge in [-0.15, -0.1) is 0 Å². The molecule has 0 unspecified atom stereocenters. The highest BCUT2D eigenvalue weighted by atomic mass is 79.9. The summed E-state index contributed by atoms with van der Waals surface area (Å²) in [5.74, 6) is -0.391. The molecule has 5 nitrogen and oxygen atoms in total. The molecule has 0 amide bonds. The van der Waals surface area contributed by atoms with Gasteiger partial charge in [0.05, 0.1) is 20.8 Å². The largest absolute Gasteiger partial charge is 0.485 e. The van der Waals surface area contributed by atoms with Crippen LogP contribution in [0.5, 0.6) is 5.75 Å². The van der Waals surface area contributed by atoms with Crippen LogP contribution >= 0.6 is 31.9 Å². The van der Waals surface area contributed by atoms with Crippen molar-refractivity contribution in [1.82, 2.24) is 9.78 Å². The Morgan fingerprint density at radius 1 is 1.42 bits per heavy atom. The van der Waals surface area contributed by atoms with E-state index in [1.165, 1.54) is 10.9 Å². The Bertz CT molecular complexity index is 605. The molecule has 1 aromatic carbocycles. The molecule has 0 radical (unpaired) electrons. The first-order chi connectivity index (χ1) is 9.00. The molecular weight excluding hydrogens is 380 g/mol. The van der Waals surface area contributed by atoms with E-state index in [0.29, 0.717) is 11.4 Å². The molecule has 0 bridgehead atoms. The Labute approximate surface area is 126 Å². The van der Waals surface area contributed by atoms with E-state index in [4.69, 9.17) is 9.84 Å². The van der Waals surface area contributed by atoms with E-state index in [9.17, 15) is 4.79 Å². The molecule has 19 heavy (non-hydrogen) atoms. The van der Waals surface area contributed by atoms with Crippen molar-refractivity contribution < 1.29 is 14.6 Å². The highest BCUT2D eigenvalue weighted by Crippen LogP contribution is 2.33. The van der Waals surface area contributed by atoms with Gasteiger partial charge in [0.2, 0.25) is 0 Å². The van der Waals surface area contributed by atoms with Gasteiger partial charge in [0.25, 0.3) is 0 Å². The molecule has 1 N–H and O–H groups in total. The Kier molecular flexibility index (Phi) is 4.26. The van der Waals surface area contributed by atoms with E-state index in [0.717, 1.165) is 8.95 Å². The van der Waals surface area contributed by atoms with Crippen molar-refractivity contribution in [2.24, 2.45) is 7.05 Å². The number of hydrogen-bond acceptors (Lipinski definition) is 3. The second kappa shape index (κ2) is 5.75. The monoisotopic (exact) mass is 388 g/mol. The summed E-state index contributed by atoms with van der Waals surface area (Å²) < 4.78 is 8.74. The van der Waals surface area contributed by atoms with Gasteiger partial charge in [-0.3, -0.25) is 4.68 Å². The van der Waals surface area contributed by atoms with Crippen LogP contribution in [0.4, 0.5) is 0 Å². The van der Waals surface area contributed by atoms with Crippen molar-refractivity contribution in [3.8, 4) is 5.75 Å². The lowest BCUT2D eigenvalue weighted by Gasteiger charge is -2.10. The first-order valence-corrected chi connectivity index (χ1v) is 6.90. The van der Waals surface area contributed by atoms with Crippen LogP contribution in [-0.4, -0.2) is 20.9 Å². The summed E-state index contributed by atoms with van der Waals surface area (Å²) in [6.07, 6.45) is 1.32. The van der Waals surface area contributed by atoms with E-state index >= 15 is 0 Å². The molecule has 0 saturated carbocycles. The average Bonchev–Trinajstić information content (AvgIpc) is 2.70. The molecule has 0 spiro atoms. The maximum absolute atomic E-state index is 11.1. The number of carboxylic acids is 1. The highest BCUT2D eigenvalue weighted by Gasteiger charge is 2.16. The summed E-state index contributed by atoms with van der Waals surface area (Å²) >= 11 is 6.77. The number of para-hydroxylation sites is 1. The van der Waals surface area contributed by atoms with Gasteiger partial charge in [-0.1, -0.05) is 6.07 Å². The number of carbonyl (C=O) groups is 1. The SMILES string of the molecule is Cn1ncc(C(=O)O)c1COc1c(Br)cccc1Br. The average molecular weight is 390 g/mol. The summed E-state index contributed by atoms with van der Waals surface area (Å²) in [5, 5.41) is 13.0. The molecule has 1 heterocycles. The molecule has 2 rings (SSSR count). The third-order valence-corrected chi connectivity index (χ3v) is 3.81. The lowest BCUT2D eigenvalue weighted by atomic mass is 10.2. The van der Waals surface area contributed by atoms with E-state index in [1.54, 1.807) is 7.05 Å². The minimum atomic E-state index is -1.02. The van der Waals surface area contributed by atoms with Crippen LogP contribution in [0.15, 0.2) is 33.3 Å². The minimum absolute atomic E-state index is 0.124. The van der Waals surface area contributed by atoms with Gasteiger partial charge < -0.3 is 9.84 Å². The first kappa shape index (κ1) is 14.1. The van der Waals surface area contributed by atoms with Gasteiger partial charge in [0.15, 0.2) is 0 Å². The fourth-order valence-electron chi connectivity index (χ4n) is 1.57. The number of nitrogens with zero attached hydrogens (tertiary/aromatic N) is 2. The lowest BCUT2D eigenvalue weighted by molar-refractivity contribution is 0.0693. The first-order valence-electron chi connectivity index (χ1n) is 5.31.